The van der Waals surface area contributed by atoms with Crippen molar-refractivity contribution in [2.45, 2.75) is 149 Å². The fourth-order valence-electron chi connectivity index (χ4n) is 5.38. The lowest BCUT2D eigenvalue weighted by Gasteiger charge is -2.40. The Morgan fingerprint density at radius 3 is 1.91 bits per heavy atom. The van der Waals surface area contributed by atoms with Crippen molar-refractivity contribution in [2.24, 2.45) is 17.8 Å². The van der Waals surface area contributed by atoms with Crippen LogP contribution in [-0.4, -0.2) is 145 Å². The summed E-state index contributed by atoms with van der Waals surface area (Å²) in [6.07, 6.45) is -7.58. The summed E-state index contributed by atoms with van der Waals surface area (Å²) in [5.74, 6) is -3.16. The van der Waals surface area contributed by atoms with E-state index in [1.807, 2.05) is 13.8 Å². The molecule has 1 rings (SSSR count). The summed E-state index contributed by atoms with van der Waals surface area (Å²) < 4.78 is 26.8. The molecule has 19 nitrogen and oxygen atoms in total. The first-order valence-corrected chi connectivity index (χ1v) is 19.1. The lowest BCUT2D eigenvalue weighted by atomic mass is 9.99. The van der Waals surface area contributed by atoms with Crippen LogP contribution in [0.4, 0.5) is 4.79 Å². The molecule has 0 saturated carbocycles. The summed E-state index contributed by atoms with van der Waals surface area (Å²) >= 11 is 0. The Labute approximate surface area is 330 Å². The SMILES string of the molecule is COC(=O)[C@H](CC(C)C)NC(=O)[C@@H](NC(=O)CCOC[C@H]1O[C@H](OCCCNC(=O)[C@@H](NC(=O)[C@H](C)NC(=O)OC(C)(C)C)C(C)C)[C@H](O)[C@@H](O)[C@@H]1O)C(C)C. The molecule has 56 heavy (non-hydrogen) atoms. The van der Waals surface area contributed by atoms with E-state index in [0.717, 1.165) is 0 Å². The van der Waals surface area contributed by atoms with Crippen LogP contribution in [0.1, 0.15) is 88.5 Å². The second kappa shape index (κ2) is 24.2. The molecule has 8 N–H and O–H groups in total. The fraction of sp³-hybridized carbons (Fsp3) is 0.838. The van der Waals surface area contributed by atoms with E-state index in [0.29, 0.717) is 6.42 Å². The molecule has 0 aromatic carbocycles. The smallest absolute Gasteiger partial charge is 0.408 e. The van der Waals surface area contributed by atoms with Crippen molar-refractivity contribution < 1.29 is 67.8 Å². The number of ether oxygens (including phenoxy) is 5. The monoisotopic (exact) mass is 805 g/mol. The van der Waals surface area contributed by atoms with E-state index in [4.69, 9.17) is 23.7 Å². The molecule has 1 heterocycles. The average molecular weight is 806 g/mol. The molecule has 0 unspecified atom stereocenters. The Bertz CT molecular complexity index is 1280. The molecule has 0 aromatic rings. The van der Waals surface area contributed by atoms with E-state index in [-0.39, 0.29) is 57.0 Å². The van der Waals surface area contributed by atoms with Gasteiger partial charge >= 0.3 is 12.1 Å². The molecule has 0 radical (unpaired) electrons. The number of carbonyl (C=O) groups is 6. The maximum Gasteiger partial charge on any atom is 0.408 e. The Kier molecular flexibility index (Phi) is 21.8. The van der Waals surface area contributed by atoms with Crippen molar-refractivity contribution in [3.8, 4) is 0 Å². The maximum atomic E-state index is 13.0. The van der Waals surface area contributed by atoms with Crippen molar-refractivity contribution >= 4 is 35.7 Å². The van der Waals surface area contributed by atoms with Gasteiger partial charge in [0.05, 0.1) is 26.9 Å². The van der Waals surface area contributed by atoms with Gasteiger partial charge in [-0.1, -0.05) is 41.5 Å². The van der Waals surface area contributed by atoms with Gasteiger partial charge < -0.3 is 65.6 Å². The maximum absolute atomic E-state index is 13.0. The van der Waals surface area contributed by atoms with E-state index in [9.17, 15) is 44.1 Å². The molecule has 0 aromatic heterocycles. The summed E-state index contributed by atoms with van der Waals surface area (Å²) in [6.45, 7) is 17.0. The van der Waals surface area contributed by atoms with Gasteiger partial charge in [-0.05, 0) is 58.3 Å². The number of carbonyl (C=O) groups excluding carboxylic acids is 6. The highest BCUT2D eigenvalue weighted by atomic mass is 16.7. The predicted octanol–water partition coefficient (Wildman–Crippen LogP) is -0.378. The summed E-state index contributed by atoms with van der Waals surface area (Å²) in [5.41, 5.74) is -0.750. The first-order chi connectivity index (χ1) is 26.0. The topological polar surface area (TPSA) is 269 Å². The molecule has 324 valence electrons. The number of hydrogen-bond donors (Lipinski definition) is 8. The van der Waals surface area contributed by atoms with Gasteiger partial charge in [0.2, 0.25) is 23.6 Å². The lowest BCUT2D eigenvalue weighted by molar-refractivity contribution is -0.302. The molecule has 1 aliphatic heterocycles. The number of methoxy groups -OCH3 is 1. The van der Waals surface area contributed by atoms with Crippen LogP contribution in [0.5, 0.6) is 0 Å². The third-order valence-corrected chi connectivity index (χ3v) is 8.47. The normalized spacial score (nSPS) is 22.1. The van der Waals surface area contributed by atoms with Crippen LogP contribution in [0.2, 0.25) is 0 Å². The number of aliphatic hydroxyl groups is 3. The molecule has 0 bridgehead atoms. The Morgan fingerprint density at radius 2 is 1.36 bits per heavy atom. The summed E-state index contributed by atoms with van der Waals surface area (Å²) in [6, 6.07) is -3.68. The fourth-order valence-corrected chi connectivity index (χ4v) is 5.38. The van der Waals surface area contributed by atoms with Crippen molar-refractivity contribution in [2.75, 3.05) is 33.5 Å². The minimum atomic E-state index is -1.64. The van der Waals surface area contributed by atoms with Crippen molar-refractivity contribution in [3.63, 3.8) is 0 Å². The van der Waals surface area contributed by atoms with E-state index >= 15 is 0 Å². The van der Waals surface area contributed by atoms with Crippen LogP contribution in [0.15, 0.2) is 0 Å². The third-order valence-electron chi connectivity index (χ3n) is 8.47. The highest BCUT2D eigenvalue weighted by Crippen LogP contribution is 2.23. The van der Waals surface area contributed by atoms with Crippen LogP contribution < -0.4 is 26.6 Å². The van der Waals surface area contributed by atoms with Gasteiger partial charge in [-0.25, -0.2) is 9.59 Å². The first kappa shape index (κ1) is 50.4. The Morgan fingerprint density at radius 1 is 0.750 bits per heavy atom. The van der Waals surface area contributed by atoms with E-state index in [1.54, 1.807) is 48.5 Å². The molecule has 5 amide bonds. The zero-order valence-electron chi connectivity index (χ0n) is 34.7. The molecular weight excluding hydrogens is 738 g/mol. The van der Waals surface area contributed by atoms with Crippen molar-refractivity contribution in [3.05, 3.63) is 0 Å². The molecule has 1 fully saturated rings. The number of esters is 1. The minimum Gasteiger partial charge on any atom is -0.467 e. The molecule has 1 saturated heterocycles. The second-order valence-corrected chi connectivity index (χ2v) is 16.0. The molecule has 0 aliphatic carbocycles. The summed E-state index contributed by atoms with van der Waals surface area (Å²) in [7, 11) is 1.23. The van der Waals surface area contributed by atoms with Gasteiger partial charge in [0.15, 0.2) is 6.29 Å². The molecule has 0 spiro atoms. The number of alkyl carbamates (subject to hydrolysis) is 1. The number of amides is 5. The van der Waals surface area contributed by atoms with Gasteiger partial charge in [-0.3, -0.25) is 19.2 Å². The van der Waals surface area contributed by atoms with Crippen molar-refractivity contribution in [1.82, 2.24) is 26.6 Å². The predicted molar refractivity (Wildman–Crippen MR) is 201 cm³/mol. The van der Waals surface area contributed by atoms with Crippen LogP contribution in [0.25, 0.3) is 0 Å². The third kappa shape index (κ3) is 18.1. The van der Waals surface area contributed by atoms with Gasteiger partial charge in [-0.15, -0.1) is 0 Å². The van der Waals surface area contributed by atoms with E-state index < -0.39 is 96.2 Å². The van der Waals surface area contributed by atoms with Gasteiger partial charge in [0.1, 0.15) is 54.2 Å². The number of aliphatic hydroxyl groups excluding tert-OH is 3. The highest BCUT2D eigenvalue weighted by Gasteiger charge is 2.44. The van der Waals surface area contributed by atoms with Crippen molar-refractivity contribution in [1.29, 1.82) is 0 Å². The van der Waals surface area contributed by atoms with Crippen LogP contribution in [0.3, 0.4) is 0 Å². The van der Waals surface area contributed by atoms with Crippen LogP contribution in [-0.2, 0) is 47.7 Å². The van der Waals surface area contributed by atoms with Gasteiger partial charge in [0, 0.05) is 13.0 Å². The summed E-state index contributed by atoms with van der Waals surface area (Å²) in [5, 5.41) is 44.4. The molecular formula is C37H67N5O14. The minimum absolute atomic E-state index is 0.0312. The standard InChI is InChI=1S/C37H67N5O14/c1-19(2)17-23(34(50)52-11)40-33(49)27(21(5)6)41-25(43)13-16-53-18-24-28(44)29(45)30(46)35(55-24)54-15-12-14-38-32(48)26(20(3)4)42-31(47)22(7)39-36(51)56-37(8,9)10/h19-24,26-30,35,44-46H,12-18H2,1-11H3,(H,38,48)(H,39,51)(H,40,49)(H,41,43)(H,42,47)/t22-,23-,24+,26-,27-,28+,29-,30+,35-/m0/s1. The van der Waals surface area contributed by atoms with Crippen LogP contribution >= 0.6 is 0 Å². The number of hydrogen-bond acceptors (Lipinski definition) is 14. The second-order valence-electron chi connectivity index (χ2n) is 16.0. The van der Waals surface area contributed by atoms with Gasteiger partial charge in [-0.2, -0.15) is 0 Å². The molecule has 19 heteroatoms. The van der Waals surface area contributed by atoms with Gasteiger partial charge in [0.25, 0.3) is 0 Å². The molecule has 9 atom stereocenters. The van der Waals surface area contributed by atoms with E-state index in [1.165, 1.54) is 14.0 Å². The number of rotatable bonds is 22. The largest absolute Gasteiger partial charge is 0.467 e. The first-order valence-electron chi connectivity index (χ1n) is 19.1. The highest BCUT2D eigenvalue weighted by molar-refractivity contribution is 5.92. The lowest BCUT2D eigenvalue weighted by Crippen LogP contribution is -2.59. The Hall–Kier alpha value is -3.62. The van der Waals surface area contributed by atoms with E-state index in [2.05, 4.69) is 26.6 Å². The zero-order valence-corrected chi connectivity index (χ0v) is 34.7. The summed E-state index contributed by atoms with van der Waals surface area (Å²) in [4.78, 5) is 75.5. The zero-order chi connectivity index (χ0) is 42.9. The average Bonchev–Trinajstić information content (AvgIpc) is 3.09. The van der Waals surface area contributed by atoms with Crippen LogP contribution in [0, 0.1) is 17.8 Å². The number of nitrogens with one attached hydrogen (secondary N) is 5. The Balaban J connectivity index is 2.59. The molecule has 1 aliphatic rings. The quantitative estimate of drug-likeness (QED) is 0.0513.